The number of amides is 1. The third-order valence-corrected chi connectivity index (χ3v) is 3.82. The fraction of sp³-hybridized carbons (Fsp3) is 0.267. The lowest BCUT2D eigenvalue weighted by Crippen LogP contribution is -2.47. The Balaban J connectivity index is 2.16. The number of carbonyl (C=O) groups is 2. The fourth-order valence-electron chi connectivity index (χ4n) is 2.93. The van der Waals surface area contributed by atoms with Crippen molar-refractivity contribution >= 4 is 12.1 Å². The number of hydrogen-bond donors (Lipinski definition) is 2. The first-order chi connectivity index (χ1) is 11.8. The Labute approximate surface area is 139 Å². The molecule has 3 rings (SSSR count). The van der Waals surface area contributed by atoms with E-state index in [9.17, 15) is 22.8 Å². The molecule has 2 atom stereocenters. The summed E-state index contributed by atoms with van der Waals surface area (Å²) in [5.41, 5.74) is 0.385. The Morgan fingerprint density at radius 2 is 2.08 bits per heavy atom. The number of H-pyrrole nitrogens is 1. The van der Waals surface area contributed by atoms with E-state index in [4.69, 9.17) is 9.84 Å². The van der Waals surface area contributed by atoms with E-state index in [1.807, 2.05) is 0 Å². The average Bonchev–Trinajstić information content (AvgIpc) is 3.04. The molecule has 2 heterocycles. The van der Waals surface area contributed by atoms with E-state index in [1.54, 1.807) is 6.07 Å². The van der Waals surface area contributed by atoms with Crippen LogP contribution in [0.15, 0.2) is 36.7 Å². The highest BCUT2D eigenvalue weighted by molar-refractivity contribution is 5.97. The lowest BCUT2D eigenvalue weighted by molar-refractivity contribution is -0.150. The van der Waals surface area contributed by atoms with Crippen LogP contribution in [0.1, 0.15) is 33.6 Å². The second kappa shape index (κ2) is 6.11. The summed E-state index contributed by atoms with van der Waals surface area (Å²) in [5.74, 6) is -0.857. The summed E-state index contributed by atoms with van der Waals surface area (Å²) in [6.45, 7) is -1.55. The molecular weight excluding hydrogens is 343 g/mol. The molecule has 1 aliphatic heterocycles. The van der Waals surface area contributed by atoms with E-state index < -0.39 is 36.9 Å². The van der Waals surface area contributed by atoms with Crippen LogP contribution < -0.4 is 0 Å². The molecule has 7 nitrogen and oxygen atoms in total. The zero-order chi connectivity index (χ0) is 18.2. The number of nitrogens with one attached hydrogen (secondary N) is 1. The SMILES string of the molecule is O=C(O)OC1c2ccccc2C(=O)N(CC(F)(F)F)C1c1cn[nH]c1. The summed E-state index contributed by atoms with van der Waals surface area (Å²) in [7, 11) is 0. The molecule has 0 radical (unpaired) electrons. The fourth-order valence-corrected chi connectivity index (χ4v) is 2.93. The van der Waals surface area contributed by atoms with Gasteiger partial charge in [-0.05, 0) is 6.07 Å². The van der Waals surface area contributed by atoms with Gasteiger partial charge in [-0.1, -0.05) is 18.2 Å². The minimum absolute atomic E-state index is 0.0299. The van der Waals surface area contributed by atoms with E-state index >= 15 is 0 Å². The largest absolute Gasteiger partial charge is 0.506 e. The van der Waals surface area contributed by atoms with Gasteiger partial charge in [0.15, 0.2) is 6.10 Å². The minimum Gasteiger partial charge on any atom is -0.450 e. The van der Waals surface area contributed by atoms with E-state index in [0.29, 0.717) is 4.90 Å². The van der Waals surface area contributed by atoms with E-state index in [-0.39, 0.29) is 16.7 Å². The zero-order valence-electron chi connectivity index (χ0n) is 12.5. The van der Waals surface area contributed by atoms with Crippen LogP contribution in [0.3, 0.4) is 0 Å². The first kappa shape index (κ1) is 16.8. The number of halogens is 3. The second-order valence-corrected chi connectivity index (χ2v) is 5.42. The Hall–Kier alpha value is -3.04. The number of benzene rings is 1. The highest BCUT2D eigenvalue weighted by atomic mass is 19.4. The predicted octanol–water partition coefficient (Wildman–Crippen LogP) is 2.90. The third kappa shape index (κ3) is 3.28. The Bertz CT molecular complexity index is 792. The van der Waals surface area contributed by atoms with Crippen molar-refractivity contribution in [1.29, 1.82) is 0 Å². The van der Waals surface area contributed by atoms with Crippen LogP contribution in [0.4, 0.5) is 18.0 Å². The van der Waals surface area contributed by atoms with Crippen molar-refractivity contribution in [3.8, 4) is 0 Å². The van der Waals surface area contributed by atoms with Crippen LogP contribution in [-0.2, 0) is 4.74 Å². The van der Waals surface area contributed by atoms with Crippen molar-refractivity contribution in [1.82, 2.24) is 15.1 Å². The monoisotopic (exact) mass is 355 g/mol. The van der Waals surface area contributed by atoms with Crippen molar-refractivity contribution in [2.45, 2.75) is 18.3 Å². The van der Waals surface area contributed by atoms with Gasteiger partial charge in [0, 0.05) is 22.9 Å². The predicted molar refractivity (Wildman–Crippen MR) is 76.7 cm³/mol. The summed E-state index contributed by atoms with van der Waals surface area (Å²) >= 11 is 0. The summed E-state index contributed by atoms with van der Waals surface area (Å²) < 4.78 is 43.9. The molecule has 2 aromatic rings. The summed E-state index contributed by atoms with van der Waals surface area (Å²) in [5, 5.41) is 15.1. The molecule has 25 heavy (non-hydrogen) atoms. The number of hydrogen-bond acceptors (Lipinski definition) is 4. The van der Waals surface area contributed by atoms with Crippen LogP contribution in [0.5, 0.6) is 0 Å². The zero-order valence-corrected chi connectivity index (χ0v) is 12.5. The maximum Gasteiger partial charge on any atom is 0.506 e. The second-order valence-electron chi connectivity index (χ2n) is 5.42. The van der Waals surface area contributed by atoms with Crippen LogP contribution in [0.25, 0.3) is 0 Å². The van der Waals surface area contributed by atoms with E-state index in [0.717, 1.165) is 0 Å². The molecule has 132 valence electrons. The first-order valence-corrected chi connectivity index (χ1v) is 7.13. The number of rotatable bonds is 3. The van der Waals surface area contributed by atoms with Gasteiger partial charge in [0.25, 0.3) is 5.91 Å². The molecule has 1 amide bonds. The maximum absolute atomic E-state index is 13.0. The number of aromatic nitrogens is 2. The normalized spacial score (nSPS) is 20.3. The smallest absolute Gasteiger partial charge is 0.450 e. The van der Waals surface area contributed by atoms with Gasteiger partial charge in [0.2, 0.25) is 0 Å². The molecule has 0 saturated heterocycles. The molecule has 0 fully saturated rings. The molecule has 0 bridgehead atoms. The molecule has 0 saturated carbocycles. The Kier molecular flexibility index (Phi) is 4.11. The first-order valence-electron chi connectivity index (χ1n) is 7.13. The molecule has 1 aromatic heterocycles. The number of alkyl halides is 3. The molecule has 0 aliphatic carbocycles. The molecule has 2 unspecified atom stereocenters. The summed E-state index contributed by atoms with van der Waals surface area (Å²) in [4.78, 5) is 24.3. The van der Waals surface area contributed by atoms with Crippen LogP contribution in [0.2, 0.25) is 0 Å². The maximum atomic E-state index is 13.0. The lowest BCUT2D eigenvalue weighted by Gasteiger charge is -2.40. The van der Waals surface area contributed by atoms with Gasteiger partial charge in [0.1, 0.15) is 12.6 Å². The van der Waals surface area contributed by atoms with Gasteiger partial charge in [-0.2, -0.15) is 18.3 Å². The number of ether oxygens (including phenoxy) is 1. The van der Waals surface area contributed by atoms with Gasteiger partial charge in [-0.25, -0.2) is 4.79 Å². The van der Waals surface area contributed by atoms with Crippen molar-refractivity contribution in [3.63, 3.8) is 0 Å². The van der Waals surface area contributed by atoms with Crippen molar-refractivity contribution < 1.29 is 32.6 Å². The lowest BCUT2D eigenvalue weighted by atomic mass is 9.87. The summed E-state index contributed by atoms with van der Waals surface area (Å²) in [6.07, 6.45) is -5.11. The van der Waals surface area contributed by atoms with Gasteiger partial charge >= 0.3 is 12.3 Å². The van der Waals surface area contributed by atoms with E-state index in [2.05, 4.69) is 10.2 Å². The van der Waals surface area contributed by atoms with Crippen LogP contribution in [-0.4, -0.2) is 45.0 Å². The topological polar surface area (TPSA) is 95.5 Å². The molecule has 1 aliphatic rings. The van der Waals surface area contributed by atoms with Crippen LogP contribution in [0, 0.1) is 0 Å². The quantitative estimate of drug-likeness (QED) is 0.826. The van der Waals surface area contributed by atoms with Crippen molar-refractivity contribution in [3.05, 3.63) is 53.3 Å². The van der Waals surface area contributed by atoms with Gasteiger partial charge < -0.3 is 14.7 Å². The van der Waals surface area contributed by atoms with Crippen molar-refractivity contribution in [2.75, 3.05) is 6.54 Å². The highest BCUT2D eigenvalue weighted by Gasteiger charge is 2.47. The summed E-state index contributed by atoms with van der Waals surface area (Å²) in [6, 6.07) is 4.54. The number of carboxylic acid groups (broad SMARTS) is 1. The molecule has 10 heteroatoms. The average molecular weight is 355 g/mol. The van der Waals surface area contributed by atoms with E-state index in [1.165, 1.54) is 30.6 Å². The Morgan fingerprint density at radius 1 is 1.36 bits per heavy atom. The highest BCUT2D eigenvalue weighted by Crippen LogP contribution is 2.44. The van der Waals surface area contributed by atoms with Gasteiger partial charge in [-0.3, -0.25) is 9.89 Å². The van der Waals surface area contributed by atoms with Gasteiger partial charge in [-0.15, -0.1) is 0 Å². The molecular formula is C15H12F3N3O4. The molecule has 2 N–H and O–H groups in total. The molecule has 1 aromatic carbocycles. The number of carbonyl (C=O) groups excluding carboxylic acids is 1. The standard InChI is InChI=1S/C15H12F3N3O4/c16-15(17,18)7-21-11(8-5-19-20-6-8)12(25-14(23)24)9-3-1-2-4-10(9)13(21)22/h1-6,11-12H,7H2,(H,19,20)(H,23,24). The van der Waals surface area contributed by atoms with Crippen molar-refractivity contribution in [2.24, 2.45) is 0 Å². The molecule has 0 spiro atoms. The number of aromatic amines is 1. The van der Waals surface area contributed by atoms with Gasteiger partial charge in [0.05, 0.1) is 6.20 Å². The number of fused-ring (bicyclic) bond motifs is 1. The minimum atomic E-state index is -4.67. The Morgan fingerprint density at radius 3 is 2.68 bits per heavy atom. The van der Waals surface area contributed by atoms with Crippen LogP contribution >= 0.6 is 0 Å². The number of nitrogens with zero attached hydrogens (tertiary/aromatic N) is 2. The third-order valence-electron chi connectivity index (χ3n) is 3.82.